The summed E-state index contributed by atoms with van der Waals surface area (Å²) < 4.78 is 38.1. The molecule has 0 fully saturated rings. The van der Waals surface area contributed by atoms with Gasteiger partial charge in [0.05, 0.1) is 11.7 Å². The van der Waals surface area contributed by atoms with E-state index in [1.807, 2.05) is 0 Å². The van der Waals surface area contributed by atoms with E-state index in [2.05, 4.69) is 0 Å². The van der Waals surface area contributed by atoms with Gasteiger partial charge in [0.1, 0.15) is 0 Å². The highest BCUT2D eigenvalue weighted by Crippen LogP contribution is 2.33. The predicted octanol–water partition coefficient (Wildman–Crippen LogP) is 3.65. The van der Waals surface area contributed by atoms with E-state index in [4.69, 9.17) is 0 Å². The molecule has 0 radical (unpaired) electrons. The number of halogens is 3. The maximum absolute atomic E-state index is 12.7. The molecular formula is C13H17F3O. The smallest absolute Gasteiger partial charge is 0.392 e. The summed E-state index contributed by atoms with van der Waals surface area (Å²) in [6.45, 7) is 5.40. The molecule has 0 bridgehead atoms. The van der Waals surface area contributed by atoms with Gasteiger partial charge in [-0.2, -0.15) is 13.2 Å². The Morgan fingerprint density at radius 3 is 2.12 bits per heavy atom. The van der Waals surface area contributed by atoms with E-state index in [9.17, 15) is 18.3 Å². The molecule has 96 valence electrons. The lowest BCUT2D eigenvalue weighted by Gasteiger charge is -2.26. The summed E-state index contributed by atoms with van der Waals surface area (Å²) in [5.74, 6) is 0. The second-order valence-electron chi connectivity index (χ2n) is 5.24. The largest absolute Gasteiger partial charge is 0.416 e. The molecule has 1 rings (SSSR count). The van der Waals surface area contributed by atoms with Crippen LogP contribution in [0, 0.1) is 5.41 Å². The molecule has 1 atom stereocenters. The standard InChI is InChI=1S/C13H17F3O/c1-12(2,3)11(17)8-9-6-4-5-7-10(9)13(14,15)16/h4-7,11,17H,8H2,1-3H3. The van der Waals surface area contributed by atoms with E-state index in [0.29, 0.717) is 0 Å². The normalized spacial score (nSPS) is 14.8. The Bertz CT molecular complexity index is 377. The molecule has 1 aromatic carbocycles. The van der Waals surface area contributed by atoms with Gasteiger partial charge in [0.15, 0.2) is 0 Å². The van der Waals surface area contributed by atoms with Crippen LogP contribution < -0.4 is 0 Å². The summed E-state index contributed by atoms with van der Waals surface area (Å²) in [5, 5.41) is 9.86. The number of hydrogen-bond donors (Lipinski definition) is 1. The number of aliphatic hydroxyl groups is 1. The fourth-order valence-electron chi connectivity index (χ4n) is 1.49. The van der Waals surface area contributed by atoms with Gasteiger partial charge in [-0.3, -0.25) is 0 Å². The molecule has 1 nitrogen and oxygen atoms in total. The van der Waals surface area contributed by atoms with Crippen molar-refractivity contribution in [2.24, 2.45) is 5.41 Å². The zero-order valence-electron chi connectivity index (χ0n) is 10.2. The Kier molecular flexibility index (Phi) is 3.87. The zero-order valence-corrected chi connectivity index (χ0v) is 10.2. The monoisotopic (exact) mass is 246 g/mol. The highest BCUT2D eigenvalue weighted by molar-refractivity contribution is 5.30. The molecule has 0 saturated carbocycles. The molecule has 17 heavy (non-hydrogen) atoms. The molecule has 1 N–H and O–H groups in total. The first-order chi connectivity index (χ1) is 7.62. The Hall–Kier alpha value is -1.03. The first kappa shape index (κ1) is 14.0. The highest BCUT2D eigenvalue weighted by atomic mass is 19.4. The number of hydrogen-bond acceptors (Lipinski definition) is 1. The van der Waals surface area contributed by atoms with Crippen LogP contribution in [0.15, 0.2) is 24.3 Å². The average molecular weight is 246 g/mol. The van der Waals surface area contributed by atoms with Crippen LogP contribution >= 0.6 is 0 Å². The number of benzene rings is 1. The van der Waals surface area contributed by atoms with Gasteiger partial charge >= 0.3 is 6.18 Å². The fourth-order valence-corrected chi connectivity index (χ4v) is 1.49. The molecule has 0 spiro atoms. The summed E-state index contributed by atoms with van der Waals surface area (Å²) in [7, 11) is 0. The van der Waals surface area contributed by atoms with Gasteiger partial charge in [-0.05, 0) is 23.5 Å². The zero-order chi connectivity index (χ0) is 13.3. The van der Waals surface area contributed by atoms with Crippen LogP contribution in [-0.2, 0) is 12.6 Å². The lowest BCUT2D eigenvalue weighted by Crippen LogP contribution is -2.29. The average Bonchev–Trinajstić information content (AvgIpc) is 2.15. The van der Waals surface area contributed by atoms with Crippen LogP contribution in [0.1, 0.15) is 31.9 Å². The molecule has 0 aromatic heterocycles. The summed E-state index contributed by atoms with van der Waals surface area (Å²) in [5.41, 5.74) is -0.954. The second-order valence-corrected chi connectivity index (χ2v) is 5.24. The molecule has 0 aliphatic heterocycles. The van der Waals surface area contributed by atoms with Crippen LogP contribution in [0.4, 0.5) is 13.2 Å². The molecule has 1 aromatic rings. The molecule has 1 unspecified atom stereocenters. The molecule has 0 aliphatic rings. The number of aliphatic hydroxyl groups excluding tert-OH is 1. The first-order valence-corrected chi connectivity index (χ1v) is 5.45. The summed E-state index contributed by atoms with van der Waals surface area (Å²) in [4.78, 5) is 0. The third-order valence-corrected chi connectivity index (χ3v) is 2.74. The minimum absolute atomic E-state index is 0.0131. The molecule has 0 heterocycles. The van der Waals surface area contributed by atoms with Crippen LogP contribution in [0.2, 0.25) is 0 Å². The maximum atomic E-state index is 12.7. The fraction of sp³-hybridized carbons (Fsp3) is 0.538. The third kappa shape index (κ3) is 3.73. The van der Waals surface area contributed by atoms with Crippen LogP contribution in [0.25, 0.3) is 0 Å². The molecule has 0 saturated heterocycles. The van der Waals surface area contributed by atoms with Crippen molar-refractivity contribution in [2.45, 2.75) is 39.5 Å². The lowest BCUT2D eigenvalue weighted by atomic mass is 9.84. The predicted molar refractivity (Wildman–Crippen MR) is 60.6 cm³/mol. The number of alkyl halides is 3. The summed E-state index contributed by atoms with van der Waals surface area (Å²) in [6.07, 6.45) is -5.15. The Labute approximate surface area is 99.3 Å². The molecule has 4 heteroatoms. The summed E-state index contributed by atoms with van der Waals surface area (Å²) >= 11 is 0. The first-order valence-electron chi connectivity index (χ1n) is 5.45. The van der Waals surface area contributed by atoms with E-state index >= 15 is 0 Å². The van der Waals surface area contributed by atoms with Gasteiger partial charge in [-0.25, -0.2) is 0 Å². The van der Waals surface area contributed by atoms with Crippen molar-refractivity contribution in [1.29, 1.82) is 0 Å². The van der Waals surface area contributed by atoms with Gasteiger partial charge in [0.25, 0.3) is 0 Å². The number of rotatable bonds is 2. The van der Waals surface area contributed by atoms with Gasteiger partial charge in [0.2, 0.25) is 0 Å². The minimum atomic E-state index is -4.37. The van der Waals surface area contributed by atoms with E-state index in [1.165, 1.54) is 12.1 Å². The Balaban J connectivity index is 3.00. The van der Waals surface area contributed by atoms with Crippen molar-refractivity contribution in [1.82, 2.24) is 0 Å². The lowest BCUT2D eigenvalue weighted by molar-refractivity contribution is -0.138. The van der Waals surface area contributed by atoms with Crippen molar-refractivity contribution in [2.75, 3.05) is 0 Å². The Morgan fingerprint density at radius 2 is 1.65 bits per heavy atom. The molecule has 0 aliphatic carbocycles. The van der Waals surface area contributed by atoms with E-state index in [-0.39, 0.29) is 12.0 Å². The van der Waals surface area contributed by atoms with Gasteiger partial charge in [-0.1, -0.05) is 39.0 Å². The summed E-state index contributed by atoms with van der Waals surface area (Å²) in [6, 6.07) is 5.37. The Morgan fingerprint density at radius 1 is 1.12 bits per heavy atom. The topological polar surface area (TPSA) is 20.2 Å². The van der Waals surface area contributed by atoms with Crippen molar-refractivity contribution >= 4 is 0 Å². The SMILES string of the molecule is CC(C)(C)C(O)Cc1ccccc1C(F)(F)F. The molecular weight excluding hydrogens is 229 g/mol. The quantitative estimate of drug-likeness (QED) is 0.844. The van der Waals surface area contributed by atoms with E-state index in [0.717, 1.165) is 6.07 Å². The maximum Gasteiger partial charge on any atom is 0.416 e. The minimum Gasteiger partial charge on any atom is -0.392 e. The van der Waals surface area contributed by atoms with Crippen LogP contribution in [-0.4, -0.2) is 11.2 Å². The van der Waals surface area contributed by atoms with E-state index in [1.54, 1.807) is 26.8 Å². The van der Waals surface area contributed by atoms with Gasteiger partial charge in [0, 0.05) is 0 Å². The van der Waals surface area contributed by atoms with Crippen molar-refractivity contribution in [3.8, 4) is 0 Å². The van der Waals surface area contributed by atoms with Gasteiger partial charge in [-0.15, -0.1) is 0 Å². The van der Waals surface area contributed by atoms with E-state index < -0.39 is 23.3 Å². The van der Waals surface area contributed by atoms with Crippen LogP contribution in [0.3, 0.4) is 0 Å². The molecule has 0 amide bonds. The highest BCUT2D eigenvalue weighted by Gasteiger charge is 2.34. The van der Waals surface area contributed by atoms with Crippen molar-refractivity contribution in [3.05, 3.63) is 35.4 Å². The van der Waals surface area contributed by atoms with Crippen LogP contribution in [0.5, 0.6) is 0 Å². The third-order valence-electron chi connectivity index (χ3n) is 2.74. The van der Waals surface area contributed by atoms with Crippen molar-refractivity contribution in [3.63, 3.8) is 0 Å². The van der Waals surface area contributed by atoms with Crippen molar-refractivity contribution < 1.29 is 18.3 Å². The second kappa shape index (κ2) is 4.69. The van der Waals surface area contributed by atoms with Gasteiger partial charge < -0.3 is 5.11 Å².